The molecule has 1 aliphatic heterocycles. The normalized spacial score (nSPS) is 17.7. The minimum absolute atomic E-state index is 0.0341. The molecule has 1 aliphatic carbocycles. The average Bonchev–Trinajstić information content (AvgIpc) is 3.47. The lowest BCUT2D eigenvalue weighted by atomic mass is 10.2. The first kappa shape index (κ1) is 14.9. The van der Waals surface area contributed by atoms with Crippen LogP contribution in [0.25, 0.3) is 0 Å². The molecule has 6 nitrogen and oxygen atoms in total. The Morgan fingerprint density at radius 1 is 1.00 bits per heavy atom. The van der Waals surface area contributed by atoms with Gasteiger partial charge in [0, 0.05) is 37.9 Å². The van der Waals surface area contributed by atoms with Gasteiger partial charge in [0.25, 0.3) is 5.91 Å². The summed E-state index contributed by atoms with van der Waals surface area (Å²) >= 11 is 0. The second-order valence-electron chi connectivity index (χ2n) is 6.32. The van der Waals surface area contributed by atoms with Crippen molar-refractivity contribution < 1.29 is 4.79 Å². The van der Waals surface area contributed by atoms with E-state index in [1.165, 1.54) is 18.5 Å². The van der Waals surface area contributed by atoms with Gasteiger partial charge < -0.3 is 15.1 Å². The smallest absolute Gasteiger partial charge is 0.274 e. The molecule has 2 fully saturated rings. The highest BCUT2D eigenvalue weighted by molar-refractivity contribution is 5.92. The molecule has 1 aromatic carbocycles. The van der Waals surface area contributed by atoms with Crippen molar-refractivity contribution in [2.45, 2.75) is 18.9 Å². The zero-order valence-electron chi connectivity index (χ0n) is 13.6. The van der Waals surface area contributed by atoms with Crippen molar-refractivity contribution in [1.82, 2.24) is 14.9 Å². The Balaban J connectivity index is 1.35. The Bertz CT molecular complexity index is 691. The molecule has 2 heterocycles. The number of carbonyl (C=O) groups excluding carboxylic acids is 1. The molecule has 1 saturated carbocycles. The molecule has 1 aromatic heterocycles. The van der Waals surface area contributed by atoms with E-state index in [9.17, 15) is 4.79 Å². The molecule has 1 saturated heterocycles. The van der Waals surface area contributed by atoms with E-state index in [2.05, 4.69) is 32.3 Å². The molecular formula is C18H21N5O. The van der Waals surface area contributed by atoms with Gasteiger partial charge in [0.05, 0.1) is 12.4 Å². The maximum absolute atomic E-state index is 12.6. The van der Waals surface area contributed by atoms with Crippen molar-refractivity contribution in [1.29, 1.82) is 0 Å². The quantitative estimate of drug-likeness (QED) is 0.933. The van der Waals surface area contributed by atoms with Crippen molar-refractivity contribution in [3.8, 4) is 0 Å². The van der Waals surface area contributed by atoms with Gasteiger partial charge >= 0.3 is 0 Å². The number of hydrogen-bond donors (Lipinski definition) is 1. The van der Waals surface area contributed by atoms with Crippen LogP contribution in [0.1, 0.15) is 23.3 Å². The van der Waals surface area contributed by atoms with E-state index in [-0.39, 0.29) is 5.91 Å². The largest absolute Gasteiger partial charge is 0.368 e. The van der Waals surface area contributed by atoms with Crippen LogP contribution in [-0.2, 0) is 0 Å². The number of aromatic nitrogens is 2. The summed E-state index contributed by atoms with van der Waals surface area (Å²) in [6.07, 6.45) is 5.62. The van der Waals surface area contributed by atoms with Crippen LogP contribution in [0.15, 0.2) is 42.7 Å². The standard InChI is InChI=1S/C18H21N5O/c24-18(16-12-20-17(13-19-16)21-14-6-7-14)23-10-8-22(9-11-23)15-4-2-1-3-5-15/h1-5,12-14H,6-11H2,(H,20,21). The number of anilines is 2. The van der Waals surface area contributed by atoms with Crippen LogP contribution < -0.4 is 10.2 Å². The summed E-state index contributed by atoms with van der Waals surface area (Å²) in [5.41, 5.74) is 1.63. The molecule has 0 radical (unpaired) electrons. The van der Waals surface area contributed by atoms with Crippen molar-refractivity contribution in [3.05, 3.63) is 48.4 Å². The summed E-state index contributed by atoms with van der Waals surface area (Å²) in [5.74, 6) is 0.719. The number of nitrogens with one attached hydrogen (secondary N) is 1. The Morgan fingerprint density at radius 3 is 2.38 bits per heavy atom. The van der Waals surface area contributed by atoms with Gasteiger partial charge in [-0.15, -0.1) is 0 Å². The van der Waals surface area contributed by atoms with Gasteiger partial charge in [-0.05, 0) is 25.0 Å². The average molecular weight is 323 g/mol. The lowest BCUT2D eigenvalue weighted by Crippen LogP contribution is -2.49. The Hall–Kier alpha value is -2.63. The van der Waals surface area contributed by atoms with Crippen molar-refractivity contribution in [2.75, 3.05) is 36.4 Å². The van der Waals surface area contributed by atoms with E-state index in [1.807, 2.05) is 23.1 Å². The van der Waals surface area contributed by atoms with Crippen molar-refractivity contribution in [3.63, 3.8) is 0 Å². The summed E-state index contributed by atoms with van der Waals surface area (Å²) in [4.78, 5) is 25.3. The number of amides is 1. The van der Waals surface area contributed by atoms with Crippen LogP contribution in [0.4, 0.5) is 11.5 Å². The third-order valence-electron chi connectivity index (χ3n) is 4.49. The van der Waals surface area contributed by atoms with Crippen LogP contribution >= 0.6 is 0 Å². The molecule has 2 aromatic rings. The summed E-state index contributed by atoms with van der Waals surface area (Å²) in [6.45, 7) is 3.09. The molecule has 0 bridgehead atoms. The van der Waals surface area contributed by atoms with Gasteiger partial charge in [-0.3, -0.25) is 4.79 Å². The van der Waals surface area contributed by atoms with Gasteiger partial charge in [0.2, 0.25) is 0 Å². The molecule has 4 rings (SSSR count). The topological polar surface area (TPSA) is 61.4 Å². The molecule has 1 amide bonds. The summed E-state index contributed by atoms with van der Waals surface area (Å²) in [5, 5.41) is 3.28. The molecule has 1 N–H and O–H groups in total. The lowest BCUT2D eigenvalue weighted by molar-refractivity contribution is 0.0740. The molecule has 2 aliphatic rings. The summed E-state index contributed by atoms with van der Waals surface area (Å²) in [6, 6.07) is 10.8. The highest BCUT2D eigenvalue weighted by atomic mass is 16.2. The SMILES string of the molecule is O=C(c1cnc(NC2CC2)cn1)N1CCN(c2ccccc2)CC1. The highest BCUT2D eigenvalue weighted by Crippen LogP contribution is 2.23. The minimum Gasteiger partial charge on any atom is -0.368 e. The molecule has 6 heteroatoms. The van der Waals surface area contributed by atoms with E-state index in [1.54, 1.807) is 12.4 Å². The minimum atomic E-state index is -0.0341. The second kappa shape index (κ2) is 6.47. The van der Waals surface area contributed by atoms with Gasteiger partial charge in [-0.25, -0.2) is 9.97 Å². The van der Waals surface area contributed by atoms with Crippen molar-refractivity contribution >= 4 is 17.4 Å². The Kier molecular flexibility index (Phi) is 4.02. The van der Waals surface area contributed by atoms with Crippen LogP contribution in [-0.4, -0.2) is 53.0 Å². The first-order chi connectivity index (χ1) is 11.8. The fourth-order valence-electron chi connectivity index (χ4n) is 2.92. The predicted molar refractivity (Wildman–Crippen MR) is 93.2 cm³/mol. The molecule has 124 valence electrons. The number of carbonyl (C=O) groups is 1. The summed E-state index contributed by atoms with van der Waals surface area (Å²) < 4.78 is 0. The number of piperazine rings is 1. The van der Waals surface area contributed by atoms with Crippen LogP contribution in [0, 0.1) is 0 Å². The maximum atomic E-state index is 12.6. The van der Waals surface area contributed by atoms with Crippen molar-refractivity contribution in [2.24, 2.45) is 0 Å². The number of para-hydroxylation sites is 1. The van der Waals surface area contributed by atoms with Crippen LogP contribution in [0.2, 0.25) is 0 Å². The van der Waals surface area contributed by atoms with Gasteiger partial charge in [-0.2, -0.15) is 0 Å². The molecule has 0 unspecified atom stereocenters. The van der Waals surface area contributed by atoms with E-state index in [4.69, 9.17) is 0 Å². The summed E-state index contributed by atoms with van der Waals surface area (Å²) in [7, 11) is 0. The first-order valence-electron chi connectivity index (χ1n) is 8.47. The van der Waals surface area contributed by atoms with E-state index < -0.39 is 0 Å². The molecule has 0 spiro atoms. The third-order valence-corrected chi connectivity index (χ3v) is 4.49. The zero-order chi connectivity index (χ0) is 16.4. The lowest BCUT2D eigenvalue weighted by Gasteiger charge is -2.35. The molecular weight excluding hydrogens is 302 g/mol. The fraction of sp³-hybridized carbons (Fsp3) is 0.389. The number of benzene rings is 1. The predicted octanol–water partition coefficient (Wildman–Crippen LogP) is 2.01. The van der Waals surface area contributed by atoms with Crippen LogP contribution in [0.5, 0.6) is 0 Å². The second-order valence-corrected chi connectivity index (χ2v) is 6.32. The first-order valence-corrected chi connectivity index (χ1v) is 8.47. The van der Waals surface area contributed by atoms with Crippen LogP contribution in [0.3, 0.4) is 0 Å². The number of rotatable bonds is 4. The van der Waals surface area contributed by atoms with E-state index in [0.29, 0.717) is 24.8 Å². The van der Waals surface area contributed by atoms with Gasteiger partial charge in [0.15, 0.2) is 0 Å². The Labute approximate surface area is 141 Å². The van der Waals surface area contributed by atoms with E-state index >= 15 is 0 Å². The number of nitrogens with zero attached hydrogens (tertiary/aromatic N) is 4. The molecule has 24 heavy (non-hydrogen) atoms. The Morgan fingerprint density at radius 2 is 1.75 bits per heavy atom. The zero-order valence-corrected chi connectivity index (χ0v) is 13.6. The number of hydrogen-bond acceptors (Lipinski definition) is 5. The third kappa shape index (κ3) is 3.32. The fourth-order valence-corrected chi connectivity index (χ4v) is 2.92. The highest BCUT2D eigenvalue weighted by Gasteiger charge is 2.24. The van der Waals surface area contributed by atoms with Gasteiger partial charge in [-0.1, -0.05) is 18.2 Å². The van der Waals surface area contributed by atoms with E-state index in [0.717, 1.165) is 18.9 Å². The van der Waals surface area contributed by atoms with Gasteiger partial charge in [0.1, 0.15) is 11.5 Å². The maximum Gasteiger partial charge on any atom is 0.274 e. The molecule has 0 atom stereocenters. The monoisotopic (exact) mass is 323 g/mol.